The van der Waals surface area contributed by atoms with E-state index in [-0.39, 0.29) is 5.54 Å². The Labute approximate surface area is 85.3 Å². The molecule has 1 aromatic rings. The molecule has 1 aromatic carbocycles. The van der Waals surface area contributed by atoms with Crippen LogP contribution >= 0.6 is 0 Å². The van der Waals surface area contributed by atoms with Crippen molar-refractivity contribution in [1.29, 1.82) is 0 Å². The summed E-state index contributed by atoms with van der Waals surface area (Å²) in [5.74, 6) is 0.768. The van der Waals surface area contributed by atoms with Gasteiger partial charge in [0.1, 0.15) is 0 Å². The third kappa shape index (κ3) is 1.12. The van der Waals surface area contributed by atoms with Crippen LogP contribution in [0.5, 0.6) is 0 Å². The molecule has 1 atom stereocenters. The highest BCUT2D eigenvalue weighted by Crippen LogP contribution is 2.49. The average Bonchev–Trinajstić information content (AvgIpc) is 3.02. The fraction of sp³-hybridized carbons (Fsp3) is 0.538. The summed E-state index contributed by atoms with van der Waals surface area (Å²) in [6, 6.07) is 8.76. The molecule has 3 rings (SSSR count). The van der Waals surface area contributed by atoms with E-state index < -0.39 is 0 Å². The van der Waals surface area contributed by atoms with E-state index in [1.807, 2.05) is 0 Å². The maximum atomic E-state index is 6.58. The van der Waals surface area contributed by atoms with Gasteiger partial charge in [-0.05, 0) is 49.1 Å². The molecule has 14 heavy (non-hydrogen) atoms. The van der Waals surface area contributed by atoms with Crippen LogP contribution in [0.25, 0.3) is 0 Å². The second kappa shape index (κ2) is 2.83. The Balaban J connectivity index is 2.09. The lowest BCUT2D eigenvalue weighted by Crippen LogP contribution is -2.42. The van der Waals surface area contributed by atoms with Crippen LogP contribution in [0.1, 0.15) is 36.8 Å². The minimum atomic E-state index is 0.0227. The molecule has 1 saturated carbocycles. The topological polar surface area (TPSA) is 26.0 Å². The van der Waals surface area contributed by atoms with Crippen LogP contribution in [-0.2, 0) is 12.0 Å². The summed E-state index contributed by atoms with van der Waals surface area (Å²) in [4.78, 5) is 0. The minimum Gasteiger partial charge on any atom is -0.321 e. The molecule has 0 saturated heterocycles. The third-order valence-electron chi connectivity index (χ3n) is 3.86. The van der Waals surface area contributed by atoms with Gasteiger partial charge >= 0.3 is 0 Å². The molecular formula is C13H17N. The fourth-order valence-electron chi connectivity index (χ4n) is 2.92. The van der Waals surface area contributed by atoms with Crippen LogP contribution in [0.15, 0.2) is 24.3 Å². The Morgan fingerprint density at radius 1 is 1.21 bits per heavy atom. The van der Waals surface area contributed by atoms with Gasteiger partial charge in [0, 0.05) is 5.54 Å². The van der Waals surface area contributed by atoms with Gasteiger partial charge in [-0.15, -0.1) is 0 Å². The minimum absolute atomic E-state index is 0.0227. The first-order valence-electron chi connectivity index (χ1n) is 5.68. The molecule has 1 nitrogen and oxygen atoms in total. The molecule has 2 aliphatic rings. The second-order valence-electron chi connectivity index (χ2n) is 4.83. The van der Waals surface area contributed by atoms with E-state index in [1.54, 1.807) is 0 Å². The van der Waals surface area contributed by atoms with E-state index in [2.05, 4.69) is 24.3 Å². The summed E-state index contributed by atoms with van der Waals surface area (Å²) in [6.45, 7) is 0. The summed E-state index contributed by atoms with van der Waals surface area (Å²) in [5, 5.41) is 0. The lowest BCUT2D eigenvalue weighted by atomic mass is 9.74. The number of hydrogen-bond acceptors (Lipinski definition) is 1. The van der Waals surface area contributed by atoms with Crippen LogP contribution in [-0.4, -0.2) is 0 Å². The molecule has 1 fully saturated rings. The molecule has 1 heteroatoms. The highest BCUT2D eigenvalue weighted by Gasteiger charge is 2.45. The highest BCUT2D eigenvalue weighted by atomic mass is 14.8. The lowest BCUT2D eigenvalue weighted by molar-refractivity contribution is 0.325. The molecule has 2 aliphatic carbocycles. The largest absolute Gasteiger partial charge is 0.321 e. The smallest absolute Gasteiger partial charge is 0.0441 e. The zero-order chi connectivity index (χ0) is 9.60. The lowest BCUT2D eigenvalue weighted by Gasteiger charge is -2.36. The summed E-state index contributed by atoms with van der Waals surface area (Å²) in [7, 11) is 0. The van der Waals surface area contributed by atoms with Crippen LogP contribution in [0.3, 0.4) is 0 Å². The summed E-state index contributed by atoms with van der Waals surface area (Å²) >= 11 is 0. The van der Waals surface area contributed by atoms with Crippen molar-refractivity contribution < 1.29 is 0 Å². The summed E-state index contributed by atoms with van der Waals surface area (Å²) in [6.07, 6.45) is 6.36. The molecule has 74 valence electrons. The molecule has 0 aliphatic heterocycles. The van der Waals surface area contributed by atoms with Gasteiger partial charge in [0.05, 0.1) is 0 Å². The number of benzene rings is 1. The van der Waals surface area contributed by atoms with Gasteiger partial charge in [-0.3, -0.25) is 0 Å². The molecule has 2 N–H and O–H groups in total. The van der Waals surface area contributed by atoms with Gasteiger partial charge < -0.3 is 5.73 Å². The average molecular weight is 187 g/mol. The maximum Gasteiger partial charge on any atom is 0.0441 e. The second-order valence-corrected chi connectivity index (χ2v) is 4.83. The van der Waals surface area contributed by atoms with Gasteiger partial charge in [-0.1, -0.05) is 24.3 Å². The van der Waals surface area contributed by atoms with Crippen LogP contribution in [0, 0.1) is 5.92 Å². The maximum absolute atomic E-state index is 6.58. The predicted octanol–water partition coefficient (Wildman–Crippen LogP) is 2.59. The summed E-state index contributed by atoms with van der Waals surface area (Å²) < 4.78 is 0. The van der Waals surface area contributed by atoms with Crippen molar-refractivity contribution in [3.05, 3.63) is 35.4 Å². The first-order chi connectivity index (χ1) is 6.81. The zero-order valence-electron chi connectivity index (χ0n) is 8.50. The van der Waals surface area contributed by atoms with E-state index in [9.17, 15) is 0 Å². The predicted molar refractivity (Wildman–Crippen MR) is 58.0 cm³/mol. The number of hydrogen-bond donors (Lipinski definition) is 1. The van der Waals surface area contributed by atoms with E-state index >= 15 is 0 Å². The van der Waals surface area contributed by atoms with Crippen molar-refractivity contribution in [2.75, 3.05) is 0 Å². The van der Waals surface area contributed by atoms with Crippen LogP contribution < -0.4 is 5.73 Å². The van der Waals surface area contributed by atoms with Crippen molar-refractivity contribution in [2.24, 2.45) is 11.7 Å². The Hall–Kier alpha value is -0.820. The standard InChI is InChI=1S/C13H17N/c14-13(11-7-8-11)9-3-5-10-4-1-2-6-12(10)13/h1-2,4,6,11H,3,5,7-9,14H2. The van der Waals surface area contributed by atoms with E-state index in [0.717, 1.165) is 5.92 Å². The SMILES string of the molecule is NC1(C2CC2)CCCc2ccccc21. The third-order valence-corrected chi connectivity index (χ3v) is 3.86. The number of fused-ring (bicyclic) bond motifs is 1. The van der Waals surface area contributed by atoms with Gasteiger partial charge in [0.15, 0.2) is 0 Å². The molecule has 1 unspecified atom stereocenters. The fourth-order valence-corrected chi connectivity index (χ4v) is 2.92. The van der Waals surface area contributed by atoms with Crippen molar-refractivity contribution in [1.82, 2.24) is 0 Å². The Bertz CT molecular complexity index is 354. The normalized spacial score (nSPS) is 31.2. The van der Waals surface area contributed by atoms with Gasteiger partial charge in [0.2, 0.25) is 0 Å². The van der Waals surface area contributed by atoms with Gasteiger partial charge in [0.25, 0.3) is 0 Å². The van der Waals surface area contributed by atoms with Gasteiger partial charge in [-0.2, -0.15) is 0 Å². The molecule has 0 aromatic heterocycles. The van der Waals surface area contributed by atoms with E-state index in [1.165, 1.54) is 43.2 Å². The van der Waals surface area contributed by atoms with Crippen LogP contribution in [0.2, 0.25) is 0 Å². The van der Waals surface area contributed by atoms with E-state index in [0.29, 0.717) is 0 Å². The van der Waals surface area contributed by atoms with Crippen molar-refractivity contribution in [2.45, 2.75) is 37.6 Å². The highest BCUT2D eigenvalue weighted by molar-refractivity contribution is 5.37. The number of aryl methyl sites for hydroxylation is 1. The first-order valence-corrected chi connectivity index (χ1v) is 5.68. The Morgan fingerprint density at radius 2 is 2.00 bits per heavy atom. The monoisotopic (exact) mass is 187 g/mol. The Kier molecular flexibility index (Phi) is 1.72. The van der Waals surface area contributed by atoms with Crippen molar-refractivity contribution >= 4 is 0 Å². The Morgan fingerprint density at radius 3 is 2.79 bits per heavy atom. The molecule has 0 heterocycles. The molecule has 0 radical (unpaired) electrons. The van der Waals surface area contributed by atoms with Crippen molar-refractivity contribution in [3.63, 3.8) is 0 Å². The van der Waals surface area contributed by atoms with E-state index in [4.69, 9.17) is 5.73 Å². The number of rotatable bonds is 1. The molecule has 0 amide bonds. The van der Waals surface area contributed by atoms with Crippen LogP contribution in [0.4, 0.5) is 0 Å². The van der Waals surface area contributed by atoms with Gasteiger partial charge in [-0.25, -0.2) is 0 Å². The quantitative estimate of drug-likeness (QED) is 0.718. The first kappa shape index (κ1) is 8.49. The zero-order valence-corrected chi connectivity index (χ0v) is 8.50. The molecular weight excluding hydrogens is 170 g/mol. The molecule has 0 bridgehead atoms. The molecule has 0 spiro atoms. The summed E-state index contributed by atoms with van der Waals surface area (Å²) in [5.41, 5.74) is 9.53. The van der Waals surface area contributed by atoms with Crippen molar-refractivity contribution in [3.8, 4) is 0 Å². The number of nitrogens with two attached hydrogens (primary N) is 1.